The molecule has 0 aliphatic carbocycles. The van der Waals surface area contributed by atoms with E-state index in [1.165, 1.54) is 10.6 Å². The van der Waals surface area contributed by atoms with Crippen LogP contribution in [-0.2, 0) is 21.3 Å². The van der Waals surface area contributed by atoms with Gasteiger partial charge in [-0.25, -0.2) is 18.4 Å². The standard InChI is InChI=1S/C23H31N7O4S/c1-3-34-21-20(16-28-7-9-30(10-8-28)35(2,31)32)25-22(26-23(21)29-11-13-33-14-12-29)17-5-4-6-19-18(17)15-24-27-19/h4-6,15H,3,7-14,16H2,1-2H3,(H,24,27). The van der Waals surface area contributed by atoms with E-state index in [4.69, 9.17) is 19.4 Å². The number of benzene rings is 1. The van der Waals surface area contributed by atoms with E-state index in [2.05, 4.69) is 20.0 Å². The van der Waals surface area contributed by atoms with Crippen molar-refractivity contribution < 1.29 is 17.9 Å². The first-order valence-corrected chi connectivity index (χ1v) is 13.7. The Labute approximate surface area is 205 Å². The van der Waals surface area contributed by atoms with Crippen LogP contribution < -0.4 is 9.64 Å². The molecule has 0 radical (unpaired) electrons. The fourth-order valence-electron chi connectivity index (χ4n) is 4.59. The van der Waals surface area contributed by atoms with E-state index in [1.807, 2.05) is 25.1 Å². The van der Waals surface area contributed by atoms with Crippen LogP contribution in [0.4, 0.5) is 5.82 Å². The van der Waals surface area contributed by atoms with Gasteiger partial charge >= 0.3 is 0 Å². The molecule has 188 valence electrons. The molecule has 2 aromatic heterocycles. The smallest absolute Gasteiger partial charge is 0.211 e. The Bertz CT molecular complexity index is 1280. The highest BCUT2D eigenvalue weighted by Crippen LogP contribution is 2.35. The normalized spacial score (nSPS) is 18.3. The van der Waals surface area contributed by atoms with Gasteiger partial charge in [0.1, 0.15) is 5.69 Å². The Morgan fingerprint density at radius 1 is 1.09 bits per heavy atom. The number of sulfonamides is 1. The first-order valence-electron chi connectivity index (χ1n) is 11.9. The molecule has 2 fully saturated rings. The van der Waals surface area contributed by atoms with Crippen molar-refractivity contribution in [1.82, 2.24) is 29.4 Å². The van der Waals surface area contributed by atoms with E-state index in [0.717, 1.165) is 41.1 Å². The number of piperazine rings is 1. The number of fused-ring (bicyclic) bond motifs is 1. The van der Waals surface area contributed by atoms with Gasteiger partial charge in [0.2, 0.25) is 10.0 Å². The molecule has 2 aliphatic heterocycles. The Morgan fingerprint density at radius 3 is 2.57 bits per heavy atom. The van der Waals surface area contributed by atoms with E-state index < -0.39 is 10.0 Å². The quantitative estimate of drug-likeness (QED) is 0.512. The first kappa shape index (κ1) is 23.9. The van der Waals surface area contributed by atoms with E-state index in [1.54, 1.807) is 6.20 Å². The molecule has 35 heavy (non-hydrogen) atoms. The van der Waals surface area contributed by atoms with Crippen LogP contribution in [0.2, 0.25) is 0 Å². The summed E-state index contributed by atoms with van der Waals surface area (Å²) in [6, 6.07) is 5.95. The Kier molecular flexibility index (Phi) is 6.87. The number of anilines is 1. The van der Waals surface area contributed by atoms with Crippen LogP contribution in [0, 0.1) is 0 Å². The van der Waals surface area contributed by atoms with Crippen LogP contribution in [0.1, 0.15) is 12.6 Å². The molecule has 0 bridgehead atoms. The zero-order chi connectivity index (χ0) is 24.4. The van der Waals surface area contributed by atoms with E-state index >= 15 is 0 Å². The van der Waals surface area contributed by atoms with Crippen molar-refractivity contribution in [2.45, 2.75) is 13.5 Å². The zero-order valence-electron chi connectivity index (χ0n) is 20.1. The molecular formula is C23H31N7O4S. The molecule has 3 aromatic rings. The van der Waals surface area contributed by atoms with Gasteiger partial charge in [-0.2, -0.15) is 9.40 Å². The molecule has 5 rings (SSSR count). The average molecular weight is 502 g/mol. The van der Waals surface area contributed by atoms with Crippen LogP contribution in [0.25, 0.3) is 22.3 Å². The molecule has 4 heterocycles. The molecule has 0 unspecified atom stereocenters. The summed E-state index contributed by atoms with van der Waals surface area (Å²) in [5, 5.41) is 8.17. The van der Waals surface area contributed by atoms with Crippen LogP contribution in [0.5, 0.6) is 5.75 Å². The third-order valence-electron chi connectivity index (χ3n) is 6.42. The number of hydrogen-bond acceptors (Lipinski definition) is 9. The Balaban J connectivity index is 1.55. The maximum Gasteiger partial charge on any atom is 0.211 e. The van der Waals surface area contributed by atoms with E-state index in [0.29, 0.717) is 64.1 Å². The second-order valence-corrected chi connectivity index (χ2v) is 10.7. The van der Waals surface area contributed by atoms with Crippen molar-refractivity contribution in [2.24, 2.45) is 0 Å². The van der Waals surface area contributed by atoms with Crippen molar-refractivity contribution in [1.29, 1.82) is 0 Å². The third kappa shape index (κ3) is 5.10. The number of aromatic nitrogens is 4. The fourth-order valence-corrected chi connectivity index (χ4v) is 5.41. The predicted octanol–water partition coefficient (Wildman–Crippen LogP) is 1.33. The molecule has 2 saturated heterocycles. The lowest BCUT2D eigenvalue weighted by Crippen LogP contribution is -2.48. The topological polar surface area (TPSA) is 117 Å². The van der Waals surface area contributed by atoms with Crippen LogP contribution in [0.3, 0.4) is 0 Å². The van der Waals surface area contributed by atoms with Crippen LogP contribution >= 0.6 is 0 Å². The molecule has 0 saturated carbocycles. The second kappa shape index (κ2) is 10.1. The highest BCUT2D eigenvalue weighted by Gasteiger charge is 2.28. The summed E-state index contributed by atoms with van der Waals surface area (Å²) in [6.45, 7) is 7.88. The molecule has 11 nitrogen and oxygen atoms in total. The second-order valence-electron chi connectivity index (χ2n) is 8.75. The van der Waals surface area contributed by atoms with E-state index in [9.17, 15) is 8.42 Å². The number of ether oxygens (including phenoxy) is 2. The highest BCUT2D eigenvalue weighted by molar-refractivity contribution is 7.88. The summed E-state index contributed by atoms with van der Waals surface area (Å²) in [6.07, 6.45) is 3.06. The fraction of sp³-hybridized carbons (Fsp3) is 0.522. The van der Waals surface area contributed by atoms with Crippen molar-refractivity contribution in [3.63, 3.8) is 0 Å². The number of H-pyrrole nitrogens is 1. The minimum Gasteiger partial charge on any atom is -0.488 e. The summed E-state index contributed by atoms with van der Waals surface area (Å²) in [7, 11) is -3.19. The number of nitrogens with one attached hydrogen (secondary N) is 1. The number of nitrogens with zero attached hydrogens (tertiary/aromatic N) is 6. The summed E-state index contributed by atoms with van der Waals surface area (Å²) < 4.78 is 37.1. The van der Waals surface area contributed by atoms with Gasteiger partial charge < -0.3 is 14.4 Å². The molecular weight excluding hydrogens is 470 g/mol. The van der Waals surface area contributed by atoms with Crippen molar-refractivity contribution in [3.8, 4) is 17.1 Å². The molecule has 0 spiro atoms. The van der Waals surface area contributed by atoms with Gasteiger partial charge in [0.05, 0.1) is 37.8 Å². The number of hydrogen-bond donors (Lipinski definition) is 1. The number of morpholine rings is 1. The van der Waals surface area contributed by atoms with Crippen LogP contribution in [-0.4, -0.2) is 103 Å². The summed E-state index contributed by atoms with van der Waals surface area (Å²) >= 11 is 0. The van der Waals surface area contributed by atoms with Crippen molar-refractivity contribution >= 4 is 26.7 Å². The maximum absolute atomic E-state index is 11.9. The minimum absolute atomic E-state index is 0.464. The predicted molar refractivity (Wildman–Crippen MR) is 133 cm³/mol. The average Bonchev–Trinajstić information content (AvgIpc) is 3.34. The lowest BCUT2D eigenvalue weighted by molar-refractivity contribution is 0.122. The number of rotatable bonds is 7. The molecule has 2 aliphatic rings. The van der Waals surface area contributed by atoms with Gasteiger partial charge in [-0.1, -0.05) is 12.1 Å². The Morgan fingerprint density at radius 2 is 1.86 bits per heavy atom. The zero-order valence-corrected chi connectivity index (χ0v) is 20.9. The monoisotopic (exact) mass is 501 g/mol. The lowest BCUT2D eigenvalue weighted by Gasteiger charge is -2.34. The summed E-state index contributed by atoms with van der Waals surface area (Å²) in [4.78, 5) is 14.4. The van der Waals surface area contributed by atoms with Gasteiger partial charge in [0.25, 0.3) is 0 Å². The van der Waals surface area contributed by atoms with Gasteiger partial charge in [-0.15, -0.1) is 0 Å². The Hall–Kier alpha value is -2.80. The molecule has 1 N–H and O–H groups in total. The summed E-state index contributed by atoms with van der Waals surface area (Å²) in [5.74, 6) is 2.07. The largest absolute Gasteiger partial charge is 0.488 e. The third-order valence-corrected chi connectivity index (χ3v) is 7.72. The first-order chi connectivity index (χ1) is 16.9. The lowest BCUT2D eigenvalue weighted by atomic mass is 10.1. The van der Waals surface area contributed by atoms with Crippen molar-refractivity contribution in [2.75, 3.05) is 70.2 Å². The number of aromatic amines is 1. The minimum atomic E-state index is -3.19. The molecule has 0 atom stereocenters. The van der Waals surface area contributed by atoms with Gasteiger partial charge in [-0.3, -0.25) is 10.00 Å². The molecule has 12 heteroatoms. The van der Waals surface area contributed by atoms with Gasteiger partial charge in [0, 0.05) is 56.8 Å². The van der Waals surface area contributed by atoms with Crippen molar-refractivity contribution in [3.05, 3.63) is 30.1 Å². The molecule has 1 aromatic carbocycles. The van der Waals surface area contributed by atoms with Gasteiger partial charge in [-0.05, 0) is 13.0 Å². The summed E-state index contributed by atoms with van der Waals surface area (Å²) in [5.41, 5.74) is 2.62. The van der Waals surface area contributed by atoms with E-state index in [-0.39, 0.29) is 0 Å². The van der Waals surface area contributed by atoms with Crippen LogP contribution in [0.15, 0.2) is 24.4 Å². The molecule has 0 amide bonds. The maximum atomic E-state index is 11.9. The van der Waals surface area contributed by atoms with Gasteiger partial charge in [0.15, 0.2) is 17.4 Å². The SMILES string of the molecule is CCOc1c(CN2CCN(S(C)(=O)=O)CC2)nc(-c2cccc3[nH]ncc23)nc1N1CCOCC1. The highest BCUT2D eigenvalue weighted by atomic mass is 32.2.